The number of rotatable bonds is 6. The van der Waals surface area contributed by atoms with Crippen LogP contribution in [0.5, 0.6) is 0 Å². The van der Waals surface area contributed by atoms with Crippen LogP contribution < -0.4 is 5.32 Å². The minimum Gasteiger partial charge on any atom is -0.306 e. The Morgan fingerprint density at radius 2 is 1.50 bits per heavy atom. The Hall–Kier alpha value is -1.12. The van der Waals surface area contributed by atoms with E-state index < -0.39 is 0 Å². The van der Waals surface area contributed by atoms with E-state index in [1.165, 1.54) is 16.7 Å². The molecule has 20 heavy (non-hydrogen) atoms. The van der Waals surface area contributed by atoms with Crippen LogP contribution in [-0.4, -0.2) is 0 Å². The Bertz CT molecular complexity index is 516. The molecule has 1 nitrogen and oxygen atoms in total. The molecule has 0 amide bonds. The van der Waals surface area contributed by atoms with Gasteiger partial charge in [0.15, 0.2) is 0 Å². The second kappa shape index (κ2) is 7.61. The van der Waals surface area contributed by atoms with Crippen molar-refractivity contribution in [2.24, 2.45) is 0 Å². The quantitative estimate of drug-likeness (QED) is 0.761. The minimum absolute atomic E-state index is 0.411. The Labute approximate surface area is 130 Å². The second-order valence-corrected chi connectivity index (χ2v) is 5.98. The number of benzene rings is 2. The van der Waals surface area contributed by atoms with Gasteiger partial charge in [0.25, 0.3) is 0 Å². The van der Waals surface area contributed by atoms with E-state index in [1.54, 1.807) is 0 Å². The molecule has 1 N–H and O–H groups in total. The van der Waals surface area contributed by atoms with Gasteiger partial charge in [0.1, 0.15) is 0 Å². The molecule has 2 rings (SSSR count). The molecule has 0 fully saturated rings. The van der Waals surface area contributed by atoms with E-state index in [0.717, 1.165) is 23.9 Å². The second-order valence-electron chi connectivity index (χ2n) is 5.06. The lowest BCUT2D eigenvalue weighted by Gasteiger charge is -2.18. The summed E-state index contributed by atoms with van der Waals surface area (Å²) in [6, 6.07) is 17.9. The molecule has 0 heterocycles. The number of halogens is 1. The van der Waals surface area contributed by atoms with Gasteiger partial charge in [-0.2, -0.15) is 0 Å². The van der Waals surface area contributed by atoms with Crippen molar-refractivity contribution in [1.29, 1.82) is 0 Å². The third kappa shape index (κ3) is 4.19. The number of hydrogen-bond acceptors (Lipinski definition) is 1. The zero-order chi connectivity index (χ0) is 14.4. The van der Waals surface area contributed by atoms with Crippen LogP contribution in [-0.2, 0) is 13.0 Å². The highest BCUT2D eigenvalue weighted by Gasteiger charge is 2.08. The van der Waals surface area contributed by atoms with Crippen LogP contribution >= 0.6 is 15.9 Å². The molecule has 106 valence electrons. The molecule has 1 unspecified atom stereocenters. The molecule has 2 aromatic carbocycles. The lowest BCUT2D eigenvalue weighted by atomic mass is 10.0. The minimum atomic E-state index is 0.411. The predicted octanol–water partition coefficient (Wildman–Crippen LogP) is 5.25. The molecule has 0 bridgehead atoms. The van der Waals surface area contributed by atoms with E-state index in [-0.39, 0.29) is 0 Å². The highest BCUT2D eigenvalue weighted by molar-refractivity contribution is 9.10. The van der Waals surface area contributed by atoms with E-state index in [2.05, 4.69) is 83.6 Å². The normalized spacial score (nSPS) is 12.3. The Balaban J connectivity index is 1.97. The van der Waals surface area contributed by atoms with Gasteiger partial charge in [0.2, 0.25) is 0 Å². The molecule has 0 aromatic heterocycles. The fourth-order valence-electron chi connectivity index (χ4n) is 2.33. The van der Waals surface area contributed by atoms with Crippen molar-refractivity contribution in [3.8, 4) is 0 Å². The molecular weight excluding hydrogens is 310 g/mol. The maximum Gasteiger partial charge on any atom is 0.0320 e. The molecule has 0 aliphatic rings. The molecule has 0 saturated carbocycles. The summed E-state index contributed by atoms with van der Waals surface area (Å²) in [6.07, 6.45) is 2.19. The summed E-state index contributed by atoms with van der Waals surface area (Å²) in [5.74, 6) is 0. The Kier molecular flexibility index (Phi) is 5.81. The van der Waals surface area contributed by atoms with Crippen molar-refractivity contribution in [3.05, 3.63) is 69.7 Å². The maximum atomic E-state index is 3.64. The topological polar surface area (TPSA) is 12.0 Å². The molecule has 0 saturated heterocycles. The van der Waals surface area contributed by atoms with Gasteiger partial charge in [0.05, 0.1) is 0 Å². The van der Waals surface area contributed by atoms with Crippen LogP contribution in [0.2, 0.25) is 0 Å². The molecule has 2 aromatic rings. The summed E-state index contributed by atoms with van der Waals surface area (Å²) in [5, 5.41) is 3.64. The smallest absolute Gasteiger partial charge is 0.0320 e. The Morgan fingerprint density at radius 1 is 0.900 bits per heavy atom. The van der Waals surface area contributed by atoms with Crippen LogP contribution in [0.3, 0.4) is 0 Å². The van der Waals surface area contributed by atoms with Crippen molar-refractivity contribution in [1.82, 2.24) is 5.32 Å². The van der Waals surface area contributed by atoms with Gasteiger partial charge < -0.3 is 5.32 Å². The first-order valence-corrected chi connectivity index (χ1v) is 8.09. The lowest BCUT2D eigenvalue weighted by molar-refractivity contribution is 0.519. The SMILES string of the molecule is CCc1ccc(CNC(CC)c2ccc(Br)cc2)cc1. The van der Waals surface area contributed by atoms with E-state index in [9.17, 15) is 0 Å². The molecule has 1 atom stereocenters. The van der Waals surface area contributed by atoms with Gasteiger partial charge in [-0.1, -0.05) is 66.2 Å². The summed E-state index contributed by atoms with van der Waals surface area (Å²) in [5.41, 5.74) is 4.09. The summed E-state index contributed by atoms with van der Waals surface area (Å²) in [4.78, 5) is 0. The zero-order valence-corrected chi connectivity index (χ0v) is 13.8. The predicted molar refractivity (Wildman–Crippen MR) is 89.8 cm³/mol. The van der Waals surface area contributed by atoms with E-state index in [1.807, 2.05) is 0 Å². The molecule has 0 aliphatic carbocycles. The van der Waals surface area contributed by atoms with Gasteiger partial charge in [-0.3, -0.25) is 0 Å². The zero-order valence-electron chi connectivity index (χ0n) is 12.2. The van der Waals surface area contributed by atoms with Gasteiger partial charge in [-0.25, -0.2) is 0 Å². The van der Waals surface area contributed by atoms with Crippen LogP contribution in [0, 0.1) is 0 Å². The van der Waals surface area contributed by atoms with Gasteiger partial charge in [-0.05, 0) is 41.7 Å². The fourth-order valence-corrected chi connectivity index (χ4v) is 2.59. The highest BCUT2D eigenvalue weighted by Crippen LogP contribution is 2.20. The summed E-state index contributed by atoms with van der Waals surface area (Å²) >= 11 is 3.49. The van der Waals surface area contributed by atoms with Gasteiger partial charge >= 0.3 is 0 Å². The maximum absolute atomic E-state index is 3.64. The first kappa shape index (κ1) is 15.3. The average molecular weight is 332 g/mol. The van der Waals surface area contributed by atoms with Crippen molar-refractivity contribution in [2.75, 3.05) is 0 Å². The molecular formula is C18H22BrN. The molecule has 0 radical (unpaired) electrons. The van der Waals surface area contributed by atoms with Crippen LogP contribution in [0.25, 0.3) is 0 Å². The number of aryl methyl sites for hydroxylation is 1. The van der Waals surface area contributed by atoms with Gasteiger partial charge in [-0.15, -0.1) is 0 Å². The molecule has 2 heteroatoms. The van der Waals surface area contributed by atoms with Crippen molar-refractivity contribution in [2.45, 2.75) is 39.3 Å². The van der Waals surface area contributed by atoms with Crippen LogP contribution in [0.15, 0.2) is 53.0 Å². The average Bonchev–Trinajstić information content (AvgIpc) is 2.50. The largest absolute Gasteiger partial charge is 0.306 e. The summed E-state index contributed by atoms with van der Waals surface area (Å²) in [7, 11) is 0. The summed E-state index contributed by atoms with van der Waals surface area (Å²) < 4.78 is 1.13. The highest BCUT2D eigenvalue weighted by atomic mass is 79.9. The van der Waals surface area contributed by atoms with Crippen molar-refractivity contribution < 1.29 is 0 Å². The molecule has 0 aliphatic heterocycles. The Morgan fingerprint density at radius 3 is 2.05 bits per heavy atom. The first-order valence-electron chi connectivity index (χ1n) is 7.29. The fraction of sp³-hybridized carbons (Fsp3) is 0.333. The standard InChI is InChI=1S/C18H22BrN/c1-3-14-5-7-15(8-6-14)13-20-18(4-2)16-9-11-17(19)12-10-16/h5-12,18,20H,3-4,13H2,1-2H3. The lowest BCUT2D eigenvalue weighted by Crippen LogP contribution is -2.20. The third-order valence-electron chi connectivity index (χ3n) is 3.66. The van der Waals surface area contributed by atoms with Crippen molar-refractivity contribution >= 4 is 15.9 Å². The van der Waals surface area contributed by atoms with Gasteiger partial charge in [0, 0.05) is 17.1 Å². The third-order valence-corrected chi connectivity index (χ3v) is 4.19. The van der Waals surface area contributed by atoms with Crippen LogP contribution in [0.1, 0.15) is 43.0 Å². The number of nitrogens with one attached hydrogen (secondary N) is 1. The van der Waals surface area contributed by atoms with Crippen LogP contribution in [0.4, 0.5) is 0 Å². The van der Waals surface area contributed by atoms with Crippen molar-refractivity contribution in [3.63, 3.8) is 0 Å². The van der Waals surface area contributed by atoms with E-state index >= 15 is 0 Å². The summed E-state index contributed by atoms with van der Waals surface area (Å²) in [6.45, 7) is 5.33. The monoisotopic (exact) mass is 331 g/mol. The number of hydrogen-bond donors (Lipinski definition) is 1. The molecule has 0 spiro atoms. The van der Waals surface area contributed by atoms with E-state index in [0.29, 0.717) is 6.04 Å². The van der Waals surface area contributed by atoms with E-state index in [4.69, 9.17) is 0 Å². The first-order chi connectivity index (χ1) is 9.72.